The summed E-state index contributed by atoms with van der Waals surface area (Å²) in [4.78, 5) is 14.9. The lowest BCUT2D eigenvalue weighted by Crippen LogP contribution is -2.04. The van der Waals surface area contributed by atoms with Crippen LogP contribution < -0.4 is 5.32 Å². The SMILES string of the molecule is CCCNc1ccc([N+](=O)[O-])c(-c2cc(F)ccc2C)n1. The molecule has 21 heavy (non-hydrogen) atoms. The highest BCUT2D eigenvalue weighted by molar-refractivity contribution is 5.73. The Morgan fingerprint density at radius 3 is 2.76 bits per heavy atom. The largest absolute Gasteiger partial charge is 0.370 e. The van der Waals surface area contributed by atoms with Gasteiger partial charge in [-0.25, -0.2) is 9.37 Å². The molecule has 0 bridgehead atoms. The summed E-state index contributed by atoms with van der Waals surface area (Å²) in [7, 11) is 0. The summed E-state index contributed by atoms with van der Waals surface area (Å²) in [6.45, 7) is 4.49. The second kappa shape index (κ2) is 6.30. The Bertz CT molecular complexity index is 674. The van der Waals surface area contributed by atoms with Gasteiger partial charge < -0.3 is 5.32 Å². The van der Waals surface area contributed by atoms with E-state index in [-0.39, 0.29) is 11.4 Å². The third-order valence-electron chi connectivity index (χ3n) is 3.08. The summed E-state index contributed by atoms with van der Waals surface area (Å²) in [5, 5.41) is 14.2. The van der Waals surface area contributed by atoms with Crippen molar-refractivity contribution in [1.82, 2.24) is 4.98 Å². The van der Waals surface area contributed by atoms with Crippen molar-refractivity contribution in [3.63, 3.8) is 0 Å². The van der Waals surface area contributed by atoms with E-state index >= 15 is 0 Å². The van der Waals surface area contributed by atoms with Crippen LogP contribution in [0.3, 0.4) is 0 Å². The maximum absolute atomic E-state index is 13.5. The molecule has 0 saturated heterocycles. The van der Waals surface area contributed by atoms with E-state index < -0.39 is 10.7 Å². The van der Waals surface area contributed by atoms with Gasteiger partial charge in [0, 0.05) is 18.2 Å². The van der Waals surface area contributed by atoms with Gasteiger partial charge in [0.25, 0.3) is 5.69 Å². The molecular formula is C15H16FN3O2. The molecule has 110 valence electrons. The van der Waals surface area contributed by atoms with Crippen LogP contribution in [0.2, 0.25) is 0 Å². The van der Waals surface area contributed by atoms with Crippen molar-refractivity contribution in [2.45, 2.75) is 20.3 Å². The highest BCUT2D eigenvalue weighted by Crippen LogP contribution is 2.32. The number of nitro groups is 1. The van der Waals surface area contributed by atoms with Crippen LogP contribution >= 0.6 is 0 Å². The molecule has 0 radical (unpaired) electrons. The third kappa shape index (κ3) is 3.34. The summed E-state index contributed by atoms with van der Waals surface area (Å²) in [6, 6.07) is 7.14. The first kappa shape index (κ1) is 14.9. The Balaban J connectivity index is 2.57. The number of benzene rings is 1. The van der Waals surface area contributed by atoms with Crippen molar-refractivity contribution in [2.24, 2.45) is 0 Å². The van der Waals surface area contributed by atoms with Crippen molar-refractivity contribution in [3.05, 3.63) is 51.8 Å². The predicted molar refractivity (Wildman–Crippen MR) is 79.8 cm³/mol. The smallest absolute Gasteiger partial charge is 0.295 e. The molecule has 0 aliphatic carbocycles. The average Bonchev–Trinajstić information content (AvgIpc) is 2.47. The van der Waals surface area contributed by atoms with E-state index in [0.717, 1.165) is 12.0 Å². The van der Waals surface area contributed by atoms with Crippen LogP contribution in [0, 0.1) is 22.9 Å². The number of pyridine rings is 1. The number of anilines is 1. The van der Waals surface area contributed by atoms with Crippen LogP contribution in [-0.2, 0) is 0 Å². The van der Waals surface area contributed by atoms with Crippen LogP contribution in [-0.4, -0.2) is 16.5 Å². The van der Waals surface area contributed by atoms with E-state index in [1.807, 2.05) is 6.92 Å². The lowest BCUT2D eigenvalue weighted by molar-refractivity contribution is -0.384. The van der Waals surface area contributed by atoms with E-state index in [1.54, 1.807) is 19.1 Å². The molecule has 0 aliphatic rings. The molecule has 2 rings (SSSR count). The maximum atomic E-state index is 13.5. The standard InChI is InChI=1S/C15H16FN3O2/c1-3-8-17-14-7-6-13(19(20)21)15(18-14)12-9-11(16)5-4-10(12)2/h4-7,9H,3,8H2,1-2H3,(H,17,18). The number of rotatable bonds is 5. The Morgan fingerprint density at radius 2 is 2.10 bits per heavy atom. The lowest BCUT2D eigenvalue weighted by atomic mass is 10.0. The molecule has 0 unspecified atom stereocenters. The van der Waals surface area contributed by atoms with E-state index in [0.29, 0.717) is 17.9 Å². The monoisotopic (exact) mass is 289 g/mol. The van der Waals surface area contributed by atoms with E-state index in [4.69, 9.17) is 0 Å². The molecule has 0 aliphatic heterocycles. The molecule has 0 amide bonds. The average molecular weight is 289 g/mol. The number of halogens is 1. The predicted octanol–water partition coefficient (Wildman–Crippen LogP) is 3.93. The minimum atomic E-state index is -0.504. The number of hydrogen-bond acceptors (Lipinski definition) is 4. The minimum Gasteiger partial charge on any atom is -0.370 e. The van der Waals surface area contributed by atoms with Crippen molar-refractivity contribution in [1.29, 1.82) is 0 Å². The second-order valence-corrected chi connectivity index (χ2v) is 4.71. The fourth-order valence-corrected chi connectivity index (χ4v) is 2.00. The van der Waals surface area contributed by atoms with Gasteiger partial charge in [-0.05, 0) is 37.1 Å². The molecule has 0 fully saturated rings. The molecule has 5 nitrogen and oxygen atoms in total. The lowest BCUT2D eigenvalue weighted by Gasteiger charge is -2.09. The highest BCUT2D eigenvalue weighted by atomic mass is 19.1. The fraction of sp³-hybridized carbons (Fsp3) is 0.267. The first-order valence-corrected chi connectivity index (χ1v) is 6.68. The van der Waals surface area contributed by atoms with Gasteiger partial charge in [0.05, 0.1) is 4.92 Å². The Kier molecular flexibility index (Phi) is 4.47. The van der Waals surface area contributed by atoms with Crippen molar-refractivity contribution >= 4 is 11.5 Å². The fourth-order valence-electron chi connectivity index (χ4n) is 2.00. The number of hydrogen-bond donors (Lipinski definition) is 1. The summed E-state index contributed by atoms with van der Waals surface area (Å²) < 4.78 is 13.5. The molecule has 1 aromatic carbocycles. The van der Waals surface area contributed by atoms with E-state index in [2.05, 4.69) is 10.3 Å². The summed E-state index contributed by atoms with van der Waals surface area (Å²) >= 11 is 0. The maximum Gasteiger partial charge on any atom is 0.295 e. The van der Waals surface area contributed by atoms with Gasteiger partial charge in [-0.1, -0.05) is 13.0 Å². The molecule has 6 heteroatoms. The van der Waals surface area contributed by atoms with Crippen LogP contribution in [0.1, 0.15) is 18.9 Å². The topological polar surface area (TPSA) is 68.1 Å². The van der Waals surface area contributed by atoms with E-state index in [1.165, 1.54) is 18.2 Å². The zero-order valence-corrected chi connectivity index (χ0v) is 11.9. The van der Waals surface area contributed by atoms with Gasteiger partial charge in [0.15, 0.2) is 5.69 Å². The Hall–Kier alpha value is -2.50. The molecular weight excluding hydrogens is 273 g/mol. The quantitative estimate of drug-likeness (QED) is 0.669. The van der Waals surface area contributed by atoms with Crippen LogP contribution in [0.15, 0.2) is 30.3 Å². The van der Waals surface area contributed by atoms with Gasteiger partial charge in [-0.2, -0.15) is 0 Å². The highest BCUT2D eigenvalue weighted by Gasteiger charge is 2.19. The van der Waals surface area contributed by atoms with Gasteiger partial charge in [-0.3, -0.25) is 10.1 Å². The van der Waals surface area contributed by atoms with Crippen molar-refractivity contribution in [2.75, 3.05) is 11.9 Å². The van der Waals surface area contributed by atoms with E-state index in [9.17, 15) is 14.5 Å². The first-order chi connectivity index (χ1) is 10.0. The van der Waals surface area contributed by atoms with Gasteiger partial charge in [0.2, 0.25) is 0 Å². The van der Waals surface area contributed by atoms with Crippen molar-refractivity contribution < 1.29 is 9.31 Å². The Labute approximate surface area is 122 Å². The summed E-state index contributed by atoms with van der Waals surface area (Å²) in [5.41, 5.74) is 1.21. The molecule has 0 atom stereocenters. The molecule has 0 spiro atoms. The normalized spacial score (nSPS) is 10.4. The summed E-state index contributed by atoms with van der Waals surface area (Å²) in [6.07, 6.45) is 0.910. The van der Waals surface area contributed by atoms with Gasteiger partial charge in [-0.15, -0.1) is 0 Å². The summed E-state index contributed by atoms with van der Waals surface area (Å²) in [5.74, 6) is 0.0970. The zero-order valence-electron chi connectivity index (χ0n) is 11.9. The number of nitrogens with zero attached hydrogens (tertiary/aromatic N) is 2. The zero-order chi connectivity index (χ0) is 15.4. The molecule has 1 aromatic heterocycles. The third-order valence-corrected chi connectivity index (χ3v) is 3.08. The van der Waals surface area contributed by atoms with Crippen LogP contribution in [0.4, 0.5) is 15.9 Å². The molecule has 1 N–H and O–H groups in total. The van der Waals surface area contributed by atoms with Gasteiger partial charge >= 0.3 is 0 Å². The van der Waals surface area contributed by atoms with Crippen LogP contribution in [0.5, 0.6) is 0 Å². The number of aromatic nitrogens is 1. The number of aryl methyl sites for hydroxylation is 1. The Morgan fingerprint density at radius 1 is 1.33 bits per heavy atom. The van der Waals surface area contributed by atoms with Crippen molar-refractivity contribution in [3.8, 4) is 11.3 Å². The van der Waals surface area contributed by atoms with Crippen LogP contribution in [0.25, 0.3) is 11.3 Å². The second-order valence-electron chi connectivity index (χ2n) is 4.71. The molecule has 0 saturated carbocycles. The first-order valence-electron chi connectivity index (χ1n) is 6.68. The van der Waals surface area contributed by atoms with Gasteiger partial charge in [0.1, 0.15) is 11.6 Å². The minimum absolute atomic E-state index is 0.134. The molecule has 1 heterocycles. The number of nitrogens with one attached hydrogen (secondary N) is 1. The molecule has 2 aromatic rings.